The quantitative estimate of drug-likeness (QED) is 0.350. The predicted octanol–water partition coefficient (Wildman–Crippen LogP) is -0.275. The molecule has 0 saturated heterocycles. The van der Waals surface area contributed by atoms with Gasteiger partial charge in [0, 0.05) is 42.3 Å². The minimum Gasteiger partial charge on any atom is -0.307 e. The summed E-state index contributed by atoms with van der Waals surface area (Å²) in [5.41, 5.74) is -0.457. The molecule has 5 aromatic rings. The van der Waals surface area contributed by atoms with Gasteiger partial charge in [0.25, 0.3) is 11.1 Å². The second-order valence-corrected chi connectivity index (χ2v) is 8.37. The van der Waals surface area contributed by atoms with E-state index in [9.17, 15) is 19.2 Å². The van der Waals surface area contributed by atoms with Crippen LogP contribution >= 0.6 is 0 Å². The number of rotatable bonds is 3. The smallest absolute Gasteiger partial charge is 0.307 e. The van der Waals surface area contributed by atoms with Crippen molar-refractivity contribution in [1.29, 1.82) is 0 Å². The van der Waals surface area contributed by atoms with Crippen LogP contribution < -0.4 is 27.4 Å². The Bertz CT molecular complexity index is 1780. The number of imidazole rings is 2. The molecule has 0 saturated carbocycles. The van der Waals surface area contributed by atoms with Crippen LogP contribution in [-0.2, 0) is 42.3 Å². The van der Waals surface area contributed by atoms with Crippen LogP contribution in [-0.4, -0.2) is 37.4 Å². The summed E-state index contributed by atoms with van der Waals surface area (Å²) in [6.45, 7) is 0. The van der Waals surface area contributed by atoms with Crippen molar-refractivity contribution in [3.8, 4) is 0 Å². The van der Waals surface area contributed by atoms with Crippen LogP contribution in [0.4, 0.5) is 17.6 Å². The number of fused-ring (bicyclic) bond motifs is 2. The van der Waals surface area contributed by atoms with Gasteiger partial charge in [-0.3, -0.25) is 27.9 Å². The molecule has 0 bridgehead atoms. The Kier molecular flexibility index (Phi) is 4.69. The average Bonchev–Trinajstić information content (AvgIpc) is 3.37. The molecule has 13 nitrogen and oxygen atoms in total. The summed E-state index contributed by atoms with van der Waals surface area (Å²) in [4.78, 5) is 62.0. The highest BCUT2D eigenvalue weighted by atomic mass is 16.2. The minimum atomic E-state index is -0.500. The van der Waals surface area contributed by atoms with E-state index in [0.717, 1.165) is 9.13 Å². The molecule has 0 N–H and O–H groups in total. The van der Waals surface area contributed by atoms with Gasteiger partial charge in [-0.1, -0.05) is 18.2 Å². The molecule has 0 amide bonds. The maximum Gasteiger partial charge on any atom is 0.332 e. The largest absolute Gasteiger partial charge is 0.332 e. The maximum absolute atomic E-state index is 13.0. The standard InChI is InChI=1S/C22H23N9O4/c1-25-13-15(27(3)21(34)29(5)17(13)32)23-19(25)31(12-10-8-7-9-11-12)20-24-16-14(26(20)2)18(33)30(6)22(35)28(16)4/h7-11H,1-6H3. The summed E-state index contributed by atoms with van der Waals surface area (Å²) in [6, 6.07) is 9.17. The molecular weight excluding hydrogens is 454 g/mol. The van der Waals surface area contributed by atoms with E-state index in [-0.39, 0.29) is 22.3 Å². The Morgan fingerprint density at radius 2 is 0.971 bits per heavy atom. The lowest BCUT2D eigenvalue weighted by Crippen LogP contribution is -2.37. The van der Waals surface area contributed by atoms with Gasteiger partial charge in [-0.2, -0.15) is 9.97 Å². The van der Waals surface area contributed by atoms with Crippen molar-refractivity contribution in [3.05, 3.63) is 72.0 Å². The Balaban J connectivity index is 1.93. The summed E-state index contributed by atoms with van der Waals surface area (Å²) in [7, 11) is 9.25. The van der Waals surface area contributed by atoms with E-state index < -0.39 is 22.5 Å². The van der Waals surface area contributed by atoms with Crippen molar-refractivity contribution in [2.24, 2.45) is 42.3 Å². The number of anilines is 3. The second-order valence-electron chi connectivity index (χ2n) is 8.37. The van der Waals surface area contributed by atoms with Gasteiger partial charge in [0.15, 0.2) is 22.3 Å². The third-order valence-electron chi connectivity index (χ3n) is 6.32. The lowest BCUT2D eigenvalue weighted by Gasteiger charge is -2.22. The van der Waals surface area contributed by atoms with Crippen LogP contribution in [0, 0.1) is 0 Å². The van der Waals surface area contributed by atoms with Gasteiger partial charge in [0.05, 0.1) is 5.69 Å². The van der Waals surface area contributed by atoms with Crippen LogP contribution in [0.15, 0.2) is 49.5 Å². The highest BCUT2D eigenvalue weighted by molar-refractivity contribution is 5.82. The van der Waals surface area contributed by atoms with Gasteiger partial charge in [0.1, 0.15) is 0 Å². The fourth-order valence-electron chi connectivity index (χ4n) is 4.31. The zero-order chi connectivity index (χ0) is 25.3. The normalized spacial score (nSPS) is 11.6. The first kappa shape index (κ1) is 22.1. The van der Waals surface area contributed by atoms with Gasteiger partial charge in [0.2, 0.25) is 11.9 Å². The first-order valence-corrected chi connectivity index (χ1v) is 10.7. The highest BCUT2D eigenvalue weighted by Crippen LogP contribution is 2.34. The molecule has 0 aliphatic rings. The summed E-state index contributed by atoms with van der Waals surface area (Å²) < 4.78 is 7.82. The molecular formula is C22H23N9O4. The predicted molar refractivity (Wildman–Crippen MR) is 131 cm³/mol. The first-order chi connectivity index (χ1) is 16.6. The van der Waals surface area contributed by atoms with E-state index in [2.05, 4.69) is 9.97 Å². The topological polar surface area (TPSA) is 127 Å². The van der Waals surface area contributed by atoms with Crippen LogP contribution in [0.2, 0.25) is 0 Å². The van der Waals surface area contributed by atoms with Crippen molar-refractivity contribution < 1.29 is 0 Å². The van der Waals surface area contributed by atoms with E-state index in [1.165, 1.54) is 23.2 Å². The van der Waals surface area contributed by atoms with E-state index in [1.807, 2.05) is 30.3 Å². The average molecular weight is 477 g/mol. The molecule has 35 heavy (non-hydrogen) atoms. The minimum absolute atomic E-state index is 0.207. The number of hydrogen-bond donors (Lipinski definition) is 0. The van der Waals surface area contributed by atoms with Gasteiger partial charge >= 0.3 is 11.4 Å². The molecule has 5 rings (SSSR count). The summed E-state index contributed by atoms with van der Waals surface area (Å²) in [5.74, 6) is 0.592. The van der Waals surface area contributed by atoms with Crippen LogP contribution in [0.5, 0.6) is 0 Å². The molecule has 4 heterocycles. The first-order valence-electron chi connectivity index (χ1n) is 10.7. The Morgan fingerprint density at radius 1 is 0.571 bits per heavy atom. The van der Waals surface area contributed by atoms with E-state index >= 15 is 0 Å². The van der Waals surface area contributed by atoms with Gasteiger partial charge in [-0.05, 0) is 12.1 Å². The number of benzene rings is 1. The lowest BCUT2D eigenvalue weighted by molar-refractivity contribution is 0.705. The summed E-state index contributed by atoms with van der Waals surface area (Å²) >= 11 is 0. The van der Waals surface area contributed by atoms with Crippen molar-refractivity contribution >= 4 is 39.9 Å². The van der Waals surface area contributed by atoms with Crippen molar-refractivity contribution in [2.45, 2.75) is 0 Å². The Morgan fingerprint density at radius 3 is 1.37 bits per heavy atom. The van der Waals surface area contributed by atoms with Crippen molar-refractivity contribution in [3.63, 3.8) is 0 Å². The SMILES string of the molecule is Cn1c(=O)c2c(nc(N(c3ccccc3)c3nc4c(c(=O)n(C)c(=O)n4C)n3C)n2C)n(C)c1=O. The summed E-state index contributed by atoms with van der Waals surface area (Å²) in [5, 5.41) is 0. The maximum atomic E-state index is 13.0. The number of aromatic nitrogens is 8. The number of para-hydroxylation sites is 1. The zero-order valence-corrected chi connectivity index (χ0v) is 20.0. The van der Waals surface area contributed by atoms with E-state index in [0.29, 0.717) is 17.6 Å². The van der Waals surface area contributed by atoms with Crippen LogP contribution in [0.3, 0.4) is 0 Å². The van der Waals surface area contributed by atoms with E-state index in [4.69, 9.17) is 0 Å². The zero-order valence-electron chi connectivity index (χ0n) is 20.0. The number of aryl methyl sites for hydroxylation is 4. The van der Waals surface area contributed by atoms with Gasteiger partial charge in [-0.25, -0.2) is 14.5 Å². The fraction of sp³-hybridized carbons (Fsp3) is 0.273. The molecule has 0 unspecified atom stereocenters. The molecule has 0 atom stereocenters. The Labute approximate surface area is 197 Å². The van der Waals surface area contributed by atoms with Crippen molar-refractivity contribution in [1.82, 2.24) is 37.4 Å². The monoisotopic (exact) mass is 477 g/mol. The van der Waals surface area contributed by atoms with Crippen LogP contribution in [0.25, 0.3) is 22.3 Å². The Hall–Kier alpha value is -4.68. The number of nitrogens with zero attached hydrogens (tertiary/aromatic N) is 9. The molecule has 0 aliphatic heterocycles. The molecule has 0 aliphatic carbocycles. The van der Waals surface area contributed by atoms with Crippen LogP contribution in [0.1, 0.15) is 0 Å². The van der Waals surface area contributed by atoms with Crippen molar-refractivity contribution in [2.75, 3.05) is 4.90 Å². The molecule has 1 aromatic carbocycles. The molecule has 0 spiro atoms. The second kappa shape index (κ2) is 7.41. The highest BCUT2D eigenvalue weighted by Gasteiger charge is 2.28. The van der Waals surface area contributed by atoms with E-state index in [1.54, 1.807) is 42.2 Å². The lowest BCUT2D eigenvalue weighted by atomic mass is 10.3. The third-order valence-corrected chi connectivity index (χ3v) is 6.32. The number of hydrogen-bond acceptors (Lipinski definition) is 7. The molecule has 0 radical (unpaired) electrons. The fourth-order valence-corrected chi connectivity index (χ4v) is 4.31. The molecule has 0 fully saturated rings. The van der Waals surface area contributed by atoms with Gasteiger partial charge in [-0.15, -0.1) is 0 Å². The van der Waals surface area contributed by atoms with Gasteiger partial charge < -0.3 is 9.13 Å². The molecule has 180 valence electrons. The molecule has 13 heteroatoms. The third kappa shape index (κ3) is 2.87. The molecule has 4 aromatic heterocycles. The summed E-state index contributed by atoms with van der Waals surface area (Å²) in [6.07, 6.45) is 0.